The fourth-order valence-corrected chi connectivity index (χ4v) is 3.15. The highest BCUT2D eigenvalue weighted by Gasteiger charge is 2.16. The molecule has 0 atom stereocenters. The summed E-state index contributed by atoms with van der Waals surface area (Å²) in [5.41, 5.74) is 0.203. The van der Waals surface area contributed by atoms with E-state index in [9.17, 15) is 9.90 Å². The van der Waals surface area contributed by atoms with Gasteiger partial charge in [0.15, 0.2) is 0 Å². The number of rotatable bonds is 2. The number of aromatic nitrogens is 3. The Bertz CT molecular complexity index is 612. The highest BCUT2D eigenvalue weighted by atomic mass is 127. The van der Waals surface area contributed by atoms with Gasteiger partial charge >= 0.3 is 0 Å². The van der Waals surface area contributed by atoms with Crippen LogP contribution < -0.4 is 5.32 Å². The third-order valence-corrected chi connectivity index (χ3v) is 3.54. The van der Waals surface area contributed by atoms with Crippen molar-refractivity contribution in [3.05, 3.63) is 30.7 Å². The highest BCUT2D eigenvalue weighted by Crippen LogP contribution is 2.27. The lowest BCUT2D eigenvalue weighted by Gasteiger charge is -2.06. The topological polar surface area (TPSA) is 90.9 Å². The molecule has 2 aromatic rings. The molecule has 0 radical (unpaired) electrons. The summed E-state index contributed by atoms with van der Waals surface area (Å²) >= 11 is 4.05. The van der Waals surface area contributed by atoms with Crippen molar-refractivity contribution in [2.45, 2.75) is 6.92 Å². The number of amides is 1. The maximum atomic E-state index is 12.0. The molecular formula is C10H8I2N4O2. The van der Waals surface area contributed by atoms with Gasteiger partial charge in [-0.05, 0) is 64.2 Å². The Morgan fingerprint density at radius 2 is 2.17 bits per heavy atom. The third kappa shape index (κ3) is 2.91. The minimum atomic E-state index is -0.442. The second-order valence-corrected chi connectivity index (χ2v) is 5.89. The monoisotopic (exact) mass is 470 g/mol. The average Bonchev–Trinajstić information content (AvgIpc) is 2.69. The van der Waals surface area contributed by atoms with E-state index in [4.69, 9.17) is 0 Å². The number of nitrogens with one attached hydrogen (secondary N) is 2. The second kappa shape index (κ2) is 5.38. The minimum Gasteiger partial charge on any atom is -0.506 e. The predicted molar refractivity (Wildman–Crippen MR) is 82.6 cm³/mol. The van der Waals surface area contributed by atoms with Gasteiger partial charge in [0.2, 0.25) is 5.95 Å². The van der Waals surface area contributed by atoms with Crippen molar-refractivity contribution < 1.29 is 9.90 Å². The van der Waals surface area contributed by atoms with Crippen LogP contribution in [0.5, 0.6) is 5.75 Å². The number of anilines is 1. The van der Waals surface area contributed by atoms with E-state index in [1.54, 1.807) is 19.1 Å². The number of aromatic hydroxyl groups is 1. The number of benzene rings is 1. The number of phenols is 1. The van der Waals surface area contributed by atoms with E-state index < -0.39 is 5.91 Å². The first kappa shape index (κ1) is 13.5. The van der Waals surface area contributed by atoms with Gasteiger partial charge in [-0.15, -0.1) is 5.10 Å². The molecule has 94 valence electrons. The quantitative estimate of drug-likeness (QED) is 0.588. The molecule has 3 N–H and O–H groups in total. The largest absolute Gasteiger partial charge is 0.506 e. The molecule has 0 aliphatic carbocycles. The molecule has 1 amide bonds. The summed E-state index contributed by atoms with van der Waals surface area (Å²) < 4.78 is 1.49. The molecule has 0 fully saturated rings. The summed E-state index contributed by atoms with van der Waals surface area (Å²) in [6, 6.07) is 3.39. The number of H-pyrrole nitrogens is 1. The Hall–Kier alpha value is -0.910. The number of carbonyl (C=O) groups is 1. The van der Waals surface area contributed by atoms with Crippen LogP contribution in [0.1, 0.15) is 16.2 Å². The maximum Gasteiger partial charge on any atom is 0.261 e. The molecule has 0 unspecified atom stereocenters. The first-order valence-corrected chi connectivity index (χ1v) is 7.01. The van der Waals surface area contributed by atoms with Crippen molar-refractivity contribution in [3.8, 4) is 5.75 Å². The van der Waals surface area contributed by atoms with Gasteiger partial charge < -0.3 is 5.11 Å². The van der Waals surface area contributed by atoms with E-state index in [2.05, 4.69) is 43.1 Å². The summed E-state index contributed by atoms with van der Waals surface area (Å²) in [5.74, 6) is 0.307. The lowest BCUT2D eigenvalue weighted by Crippen LogP contribution is -2.14. The second-order valence-electron chi connectivity index (χ2n) is 3.48. The smallest absolute Gasteiger partial charge is 0.261 e. The number of aromatic amines is 1. The van der Waals surface area contributed by atoms with Crippen LogP contribution in [0.2, 0.25) is 0 Å². The van der Waals surface area contributed by atoms with Gasteiger partial charge in [-0.2, -0.15) is 4.98 Å². The number of aryl methyl sites for hydroxylation is 1. The van der Waals surface area contributed by atoms with E-state index in [-0.39, 0.29) is 17.3 Å². The summed E-state index contributed by atoms with van der Waals surface area (Å²) in [5, 5.41) is 18.8. The van der Waals surface area contributed by atoms with Crippen LogP contribution in [0, 0.1) is 14.1 Å². The van der Waals surface area contributed by atoms with Crippen molar-refractivity contribution in [1.29, 1.82) is 0 Å². The van der Waals surface area contributed by atoms with E-state index in [0.29, 0.717) is 9.39 Å². The minimum absolute atomic E-state index is 0.0410. The maximum absolute atomic E-state index is 12.0. The van der Waals surface area contributed by atoms with E-state index in [0.717, 1.165) is 3.57 Å². The fourth-order valence-electron chi connectivity index (χ4n) is 1.31. The molecule has 1 aromatic heterocycles. The van der Waals surface area contributed by atoms with Gasteiger partial charge in [0.25, 0.3) is 5.91 Å². The summed E-state index contributed by atoms with van der Waals surface area (Å²) in [6.07, 6.45) is 0. The zero-order valence-corrected chi connectivity index (χ0v) is 13.5. The Labute approximate surface area is 130 Å². The van der Waals surface area contributed by atoms with Crippen LogP contribution in [-0.2, 0) is 0 Å². The van der Waals surface area contributed by atoms with Gasteiger partial charge in [0, 0.05) is 3.57 Å². The van der Waals surface area contributed by atoms with Gasteiger partial charge in [-0.25, -0.2) is 0 Å². The Morgan fingerprint density at radius 1 is 1.44 bits per heavy atom. The number of phenolic OH excluding ortho intramolecular Hbond substituents is 1. The molecule has 0 aliphatic heterocycles. The molecule has 0 spiro atoms. The van der Waals surface area contributed by atoms with Gasteiger partial charge in [0.1, 0.15) is 11.6 Å². The normalized spacial score (nSPS) is 10.4. The van der Waals surface area contributed by atoms with Crippen molar-refractivity contribution in [2.75, 3.05) is 5.32 Å². The van der Waals surface area contributed by atoms with Crippen molar-refractivity contribution >= 4 is 57.0 Å². The van der Waals surface area contributed by atoms with E-state index >= 15 is 0 Å². The number of hydrogen-bond acceptors (Lipinski definition) is 4. The summed E-state index contributed by atoms with van der Waals surface area (Å²) in [7, 11) is 0. The fraction of sp³-hybridized carbons (Fsp3) is 0.100. The highest BCUT2D eigenvalue weighted by molar-refractivity contribution is 14.1. The summed E-state index contributed by atoms with van der Waals surface area (Å²) in [4.78, 5) is 15.9. The average molecular weight is 470 g/mol. The third-order valence-electron chi connectivity index (χ3n) is 2.10. The van der Waals surface area contributed by atoms with Gasteiger partial charge in [0.05, 0.1) is 9.13 Å². The molecule has 1 heterocycles. The molecule has 0 aliphatic rings. The Balaban J connectivity index is 2.29. The lowest BCUT2D eigenvalue weighted by molar-refractivity contribution is 0.102. The number of hydrogen-bond donors (Lipinski definition) is 3. The number of carbonyl (C=O) groups excluding carboxylic acids is 1. The standard InChI is InChI=1S/C10H8I2N4O2/c1-4-13-10(16-15-4)14-9(18)6-2-5(11)3-7(12)8(6)17/h2-3,17H,1H3,(H2,13,14,15,16,18). The number of halogens is 2. The van der Waals surface area contributed by atoms with Gasteiger partial charge in [-0.3, -0.25) is 15.2 Å². The molecule has 1 aromatic carbocycles. The molecule has 2 rings (SSSR count). The van der Waals surface area contributed by atoms with Crippen LogP contribution in [-0.4, -0.2) is 26.2 Å². The summed E-state index contributed by atoms with van der Waals surface area (Å²) in [6.45, 7) is 1.73. The zero-order valence-electron chi connectivity index (χ0n) is 9.16. The van der Waals surface area contributed by atoms with Crippen LogP contribution in [0.25, 0.3) is 0 Å². The van der Waals surface area contributed by atoms with Crippen molar-refractivity contribution in [1.82, 2.24) is 15.2 Å². The molecule has 0 saturated heterocycles. The molecule has 18 heavy (non-hydrogen) atoms. The SMILES string of the molecule is Cc1nc(NC(=O)c2cc(I)cc(I)c2O)n[nH]1. The van der Waals surface area contributed by atoms with Crippen molar-refractivity contribution in [2.24, 2.45) is 0 Å². The van der Waals surface area contributed by atoms with Crippen LogP contribution in [0.15, 0.2) is 12.1 Å². The molecule has 6 nitrogen and oxygen atoms in total. The Kier molecular flexibility index (Phi) is 4.04. The van der Waals surface area contributed by atoms with Crippen LogP contribution >= 0.6 is 45.2 Å². The first-order valence-electron chi connectivity index (χ1n) is 4.85. The van der Waals surface area contributed by atoms with Crippen molar-refractivity contribution in [3.63, 3.8) is 0 Å². The van der Waals surface area contributed by atoms with Crippen LogP contribution in [0.3, 0.4) is 0 Å². The molecule has 8 heteroatoms. The molecular weight excluding hydrogens is 462 g/mol. The van der Waals surface area contributed by atoms with Crippen LogP contribution in [0.4, 0.5) is 5.95 Å². The van der Waals surface area contributed by atoms with E-state index in [1.807, 2.05) is 22.6 Å². The molecule has 0 bridgehead atoms. The predicted octanol–water partition coefficient (Wildman–Crippen LogP) is 2.28. The zero-order chi connectivity index (χ0) is 13.3. The van der Waals surface area contributed by atoms with E-state index in [1.165, 1.54) is 0 Å². The number of nitrogens with zero attached hydrogens (tertiary/aromatic N) is 2. The molecule has 0 saturated carbocycles. The Morgan fingerprint density at radius 3 is 2.78 bits per heavy atom. The lowest BCUT2D eigenvalue weighted by atomic mass is 10.2. The van der Waals surface area contributed by atoms with Gasteiger partial charge in [-0.1, -0.05) is 0 Å². The first-order chi connectivity index (χ1) is 8.47.